The predicted molar refractivity (Wildman–Crippen MR) is 72.8 cm³/mol. The number of rotatable bonds is 5. The van der Waals surface area contributed by atoms with Gasteiger partial charge in [0.2, 0.25) is 0 Å². The molecule has 1 aromatic heterocycles. The average molecular weight is 277 g/mol. The number of ether oxygens (including phenoxy) is 1. The number of aliphatic hydroxyl groups is 1. The van der Waals surface area contributed by atoms with E-state index in [1.54, 1.807) is 24.3 Å². The van der Waals surface area contributed by atoms with Crippen molar-refractivity contribution >= 4 is 0 Å². The maximum Gasteiger partial charge on any atom is 0.344 e. The summed E-state index contributed by atoms with van der Waals surface area (Å²) in [4.78, 5) is 25.4. The van der Waals surface area contributed by atoms with E-state index in [-0.39, 0.29) is 18.8 Å². The quantitative estimate of drug-likeness (QED) is 0.801. The number of aromatic nitrogens is 3. The van der Waals surface area contributed by atoms with E-state index in [9.17, 15) is 9.59 Å². The van der Waals surface area contributed by atoms with Crippen LogP contribution in [0.15, 0.2) is 33.9 Å². The Bertz CT molecular complexity index is 688. The lowest BCUT2D eigenvalue weighted by Gasteiger charge is -2.06. The first-order chi connectivity index (χ1) is 9.65. The van der Waals surface area contributed by atoms with Gasteiger partial charge in [-0.05, 0) is 31.2 Å². The van der Waals surface area contributed by atoms with Crippen molar-refractivity contribution in [3.05, 3.63) is 45.1 Å². The van der Waals surface area contributed by atoms with Gasteiger partial charge in [-0.1, -0.05) is 0 Å². The van der Waals surface area contributed by atoms with Crippen LogP contribution in [0.4, 0.5) is 0 Å². The van der Waals surface area contributed by atoms with E-state index in [1.807, 2.05) is 6.92 Å². The normalized spacial score (nSPS) is 10.5. The molecule has 0 spiro atoms. The molecule has 1 heterocycles. The topological polar surface area (TPSA) is 97.2 Å². The molecule has 0 aliphatic rings. The molecule has 0 radical (unpaired) electrons. The highest BCUT2D eigenvalue weighted by Crippen LogP contribution is 2.17. The highest BCUT2D eigenvalue weighted by molar-refractivity contribution is 5.58. The summed E-state index contributed by atoms with van der Waals surface area (Å²) in [5.41, 5.74) is -0.505. The zero-order valence-corrected chi connectivity index (χ0v) is 11.0. The summed E-state index contributed by atoms with van der Waals surface area (Å²) >= 11 is 0. The molecule has 0 amide bonds. The van der Waals surface area contributed by atoms with Crippen LogP contribution in [0.3, 0.4) is 0 Å². The molecule has 7 heteroatoms. The minimum absolute atomic E-state index is 0.0274. The first-order valence-corrected chi connectivity index (χ1v) is 6.21. The molecule has 0 aliphatic carbocycles. The highest BCUT2D eigenvalue weighted by atomic mass is 16.5. The van der Waals surface area contributed by atoms with Crippen molar-refractivity contribution in [3.8, 4) is 17.0 Å². The second-order valence-corrected chi connectivity index (χ2v) is 4.01. The number of aromatic amines is 1. The van der Waals surface area contributed by atoms with Crippen molar-refractivity contribution in [3.63, 3.8) is 0 Å². The van der Waals surface area contributed by atoms with Crippen molar-refractivity contribution in [1.29, 1.82) is 0 Å². The molecule has 2 aromatic rings. The molecule has 0 saturated carbocycles. The van der Waals surface area contributed by atoms with Gasteiger partial charge in [0.15, 0.2) is 5.69 Å². The van der Waals surface area contributed by atoms with Crippen LogP contribution < -0.4 is 16.0 Å². The van der Waals surface area contributed by atoms with Gasteiger partial charge >= 0.3 is 5.69 Å². The van der Waals surface area contributed by atoms with Gasteiger partial charge in [0.25, 0.3) is 5.56 Å². The lowest BCUT2D eigenvalue weighted by atomic mass is 10.1. The second kappa shape index (κ2) is 6.16. The lowest BCUT2D eigenvalue weighted by molar-refractivity contribution is 0.265. The Morgan fingerprint density at radius 3 is 2.60 bits per heavy atom. The molecule has 0 aliphatic heterocycles. The first-order valence-electron chi connectivity index (χ1n) is 6.21. The monoisotopic (exact) mass is 277 g/mol. The Morgan fingerprint density at radius 1 is 1.30 bits per heavy atom. The van der Waals surface area contributed by atoms with E-state index in [4.69, 9.17) is 9.84 Å². The molecule has 20 heavy (non-hydrogen) atoms. The van der Waals surface area contributed by atoms with Crippen molar-refractivity contribution < 1.29 is 9.84 Å². The first kappa shape index (κ1) is 14.0. The number of hydrogen-bond donors (Lipinski definition) is 2. The molecule has 7 nitrogen and oxygen atoms in total. The average Bonchev–Trinajstić information content (AvgIpc) is 2.43. The maximum absolute atomic E-state index is 11.8. The van der Waals surface area contributed by atoms with Crippen LogP contribution in [0.1, 0.15) is 6.92 Å². The molecular weight excluding hydrogens is 262 g/mol. The van der Waals surface area contributed by atoms with Crippen LogP contribution in [-0.4, -0.2) is 33.1 Å². The Balaban J connectivity index is 2.43. The molecule has 0 bridgehead atoms. The molecule has 0 unspecified atom stereocenters. The molecular formula is C13H15N3O4. The summed E-state index contributed by atoms with van der Waals surface area (Å²) in [6.07, 6.45) is 0. The minimum atomic E-state index is -0.640. The van der Waals surface area contributed by atoms with E-state index in [1.165, 1.54) is 0 Å². The molecule has 0 saturated heterocycles. The van der Waals surface area contributed by atoms with Crippen molar-refractivity contribution in [2.45, 2.75) is 13.5 Å². The van der Waals surface area contributed by atoms with Gasteiger partial charge in [0, 0.05) is 5.56 Å². The fraction of sp³-hybridized carbons (Fsp3) is 0.308. The van der Waals surface area contributed by atoms with Gasteiger partial charge in [0.05, 0.1) is 19.8 Å². The number of benzene rings is 1. The lowest BCUT2D eigenvalue weighted by Crippen LogP contribution is -2.34. The minimum Gasteiger partial charge on any atom is -0.494 e. The molecule has 0 atom stereocenters. The number of nitrogens with one attached hydrogen (secondary N) is 1. The molecule has 1 aromatic carbocycles. The molecule has 2 rings (SSSR count). The van der Waals surface area contributed by atoms with Crippen molar-refractivity contribution in [1.82, 2.24) is 14.8 Å². The third-order valence-corrected chi connectivity index (χ3v) is 2.64. The third-order valence-electron chi connectivity index (χ3n) is 2.64. The Labute approximate surface area is 114 Å². The fourth-order valence-corrected chi connectivity index (χ4v) is 1.74. The molecule has 106 valence electrons. The highest BCUT2D eigenvalue weighted by Gasteiger charge is 2.09. The molecule has 0 fully saturated rings. The second-order valence-electron chi connectivity index (χ2n) is 4.01. The molecule has 2 N–H and O–H groups in total. The van der Waals surface area contributed by atoms with Crippen LogP contribution in [0.2, 0.25) is 0 Å². The number of H-pyrrole nitrogens is 1. The Hall–Kier alpha value is -2.41. The summed E-state index contributed by atoms with van der Waals surface area (Å²) in [5.74, 6) is 0.691. The SMILES string of the molecule is CCOc1ccc(-c2nn(CCO)c(=O)[nH]c2=O)cc1. The smallest absolute Gasteiger partial charge is 0.344 e. The number of hydrogen-bond acceptors (Lipinski definition) is 5. The largest absolute Gasteiger partial charge is 0.494 e. The van der Waals surface area contributed by atoms with E-state index >= 15 is 0 Å². The summed E-state index contributed by atoms with van der Waals surface area (Å²) in [7, 11) is 0. The van der Waals surface area contributed by atoms with Crippen molar-refractivity contribution in [2.24, 2.45) is 0 Å². The van der Waals surface area contributed by atoms with E-state index in [2.05, 4.69) is 10.1 Å². The zero-order chi connectivity index (χ0) is 14.5. The summed E-state index contributed by atoms with van der Waals surface area (Å²) < 4.78 is 6.33. The Kier molecular flexibility index (Phi) is 4.31. The summed E-state index contributed by atoms with van der Waals surface area (Å²) in [6, 6.07) is 6.83. The fourth-order valence-electron chi connectivity index (χ4n) is 1.74. The van der Waals surface area contributed by atoms with E-state index in [0.717, 1.165) is 4.68 Å². The van der Waals surface area contributed by atoms with Gasteiger partial charge in [-0.25, -0.2) is 9.48 Å². The van der Waals surface area contributed by atoms with Gasteiger partial charge in [-0.15, -0.1) is 0 Å². The van der Waals surface area contributed by atoms with Crippen LogP contribution in [0.5, 0.6) is 5.75 Å². The predicted octanol–water partition coefficient (Wildman–Crippen LogP) is -0.0104. The summed E-state index contributed by atoms with van der Waals surface area (Å²) in [6.45, 7) is 2.23. The van der Waals surface area contributed by atoms with E-state index in [0.29, 0.717) is 17.9 Å². The zero-order valence-electron chi connectivity index (χ0n) is 11.0. The number of nitrogens with zero attached hydrogens (tertiary/aromatic N) is 2. The van der Waals surface area contributed by atoms with Gasteiger partial charge < -0.3 is 9.84 Å². The third kappa shape index (κ3) is 2.94. The van der Waals surface area contributed by atoms with Crippen molar-refractivity contribution in [2.75, 3.05) is 13.2 Å². The maximum atomic E-state index is 11.8. The summed E-state index contributed by atoms with van der Waals surface area (Å²) in [5, 5.41) is 12.8. The van der Waals surface area contributed by atoms with Crippen LogP contribution in [0, 0.1) is 0 Å². The van der Waals surface area contributed by atoms with Crippen LogP contribution in [0.25, 0.3) is 11.3 Å². The van der Waals surface area contributed by atoms with Gasteiger partial charge in [-0.3, -0.25) is 9.78 Å². The van der Waals surface area contributed by atoms with Gasteiger partial charge in [-0.2, -0.15) is 5.10 Å². The standard InChI is InChI=1S/C13H15N3O4/c1-2-20-10-5-3-9(4-6-10)11-12(18)14-13(19)16(15-11)7-8-17/h3-6,17H,2,7-8H2,1H3,(H,14,18,19). The number of aliphatic hydroxyl groups excluding tert-OH is 1. The Morgan fingerprint density at radius 2 is 2.00 bits per heavy atom. The van der Waals surface area contributed by atoms with Crippen LogP contribution >= 0.6 is 0 Å². The van der Waals surface area contributed by atoms with Gasteiger partial charge in [0.1, 0.15) is 5.75 Å². The van der Waals surface area contributed by atoms with E-state index < -0.39 is 11.2 Å². The van der Waals surface area contributed by atoms with Crippen LogP contribution in [-0.2, 0) is 6.54 Å².